The first-order chi connectivity index (χ1) is 11.6. The topological polar surface area (TPSA) is 77.2 Å². The minimum atomic E-state index is -0.515. The fourth-order valence-electron chi connectivity index (χ4n) is 2.97. The van der Waals surface area contributed by atoms with Crippen LogP contribution in [0.1, 0.15) is 17.1 Å². The maximum Gasteiger partial charge on any atom is 0.227 e. The summed E-state index contributed by atoms with van der Waals surface area (Å²) in [7, 11) is 0. The number of piperazine rings is 1. The number of aliphatic hydroxyl groups excluding tert-OH is 1. The molecule has 0 atom stereocenters. The summed E-state index contributed by atoms with van der Waals surface area (Å²) in [6, 6.07) is 9.54. The summed E-state index contributed by atoms with van der Waals surface area (Å²) < 4.78 is 5.41. The number of hydrogen-bond donors (Lipinski definition) is 2. The lowest BCUT2D eigenvalue weighted by Gasteiger charge is -2.36. The molecule has 1 aliphatic heterocycles. The second kappa shape index (κ2) is 7.07. The Balaban J connectivity index is 1.66. The molecule has 6 nitrogen and oxygen atoms in total. The summed E-state index contributed by atoms with van der Waals surface area (Å²) in [6.07, 6.45) is 0. The maximum absolute atomic E-state index is 11.7. The van der Waals surface area contributed by atoms with Crippen LogP contribution in [0.15, 0.2) is 39.5 Å². The minimum absolute atomic E-state index is 0.172. The number of hydrogen-bond acceptors (Lipinski definition) is 6. The van der Waals surface area contributed by atoms with Crippen LogP contribution >= 0.6 is 0 Å². The van der Waals surface area contributed by atoms with E-state index in [2.05, 4.69) is 41.0 Å². The third-order valence-electron chi connectivity index (χ3n) is 4.31. The van der Waals surface area contributed by atoms with Gasteiger partial charge in [-0.3, -0.25) is 9.69 Å². The van der Waals surface area contributed by atoms with E-state index in [4.69, 9.17) is 9.52 Å². The number of aryl methyl sites for hydroxylation is 1. The van der Waals surface area contributed by atoms with E-state index in [9.17, 15) is 9.90 Å². The van der Waals surface area contributed by atoms with Gasteiger partial charge in [0.2, 0.25) is 11.2 Å². The maximum atomic E-state index is 11.7. The van der Waals surface area contributed by atoms with Crippen LogP contribution in [0, 0.1) is 6.92 Å². The SMILES string of the molecule is Cc1cccc(N2CCN(Cc3oc(CO)cc(=O)c3O)CC2)c1. The molecule has 1 aliphatic rings. The zero-order valence-corrected chi connectivity index (χ0v) is 13.7. The predicted octanol–water partition coefficient (Wildman–Crippen LogP) is 1.47. The van der Waals surface area contributed by atoms with Crippen LogP contribution in [0.3, 0.4) is 0 Å². The van der Waals surface area contributed by atoms with E-state index in [0.29, 0.717) is 6.54 Å². The summed E-state index contributed by atoms with van der Waals surface area (Å²) in [5, 5.41) is 19.0. The molecule has 128 valence electrons. The van der Waals surface area contributed by atoms with Crippen molar-refractivity contribution in [2.45, 2.75) is 20.1 Å². The van der Waals surface area contributed by atoms with Crippen LogP contribution in [0.25, 0.3) is 0 Å². The molecule has 2 aromatic rings. The lowest BCUT2D eigenvalue weighted by atomic mass is 10.2. The van der Waals surface area contributed by atoms with Gasteiger partial charge in [0.25, 0.3) is 0 Å². The normalized spacial score (nSPS) is 15.7. The van der Waals surface area contributed by atoms with E-state index >= 15 is 0 Å². The summed E-state index contributed by atoms with van der Waals surface area (Å²) in [4.78, 5) is 16.1. The highest BCUT2D eigenvalue weighted by molar-refractivity contribution is 5.48. The fraction of sp³-hybridized carbons (Fsp3) is 0.389. The van der Waals surface area contributed by atoms with Crippen molar-refractivity contribution in [3.05, 3.63) is 57.6 Å². The molecule has 1 saturated heterocycles. The minimum Gasteiger partial charge on any atom is -0.502 e. The Morgan fingerprint density at radius 2 is 1.92 bits per heavy atom. The second-order valence-electron chi connectivity index (χ2n) is 6.11. The number of nitrogens with zero attached hydrogens (tertiary/aromatic N) is 2. The third kappa shape index (κ3) is 3.60. The van der Waals surface area contributed by atoms with E-state index < -0.39 is 5.43 Å². The van der Waals surface area contributed by atoms with Crippen LogP contribution in [0.5, 0.6) is 5.75 Å². The van der Waals surface area contributed by atoms with Crippen molar-refractivity contribution in [1.29, 1.82) is 0 Å². The summed E-state index contributed by atoms with van der Waals surface area (Å²) >= 11 is 0. The van der Waals surface area contributed by atoms with Gasteiger partial charge in [0.15, 0.2) is 5.76 Å². The first kappa shape index (κ1) is 16.5. The highest BCUT2D eigenvalue weighted by atomic mass is 16.4. The average molecular weight is 330 g/mol. The van der Waals surface area contributed by atoms with Crippen molar-refractivity contribution >= 4 is 5.69 Å². The molecule has 2 heterocycles. The van der Waals surface area contributed by atoms with Crippen LogP contribution < -0.4 is 10.3 Å². The van der Waals surface area contributed by atoms with E-state index in [0.717, 1.165) is 32.2 Å². The largest absolute Gasteiger partial charge is 0.502 e. The Hall–Kier alpha value is -2.31. The fourth-order valence-corrected chi connectivity index (χ4v) is 2.97. The Kier molecular flexibility index (Phi) is 4.87. The van der Waals surface area contributed by atoms with Crippen LogP contribution in [0.4, 0.5) is 5.69 Å². The second-order valence-corrected chi connectivity index (χ2v) is 6.11. The molecule has 1 fully saturated rings. The zero-order chi connectivity index (χ0) is 17.1. The van der Waals surface area contributed by atoms with Gasteiger partial charge in [0.1, 0.15) is 12.4 Å². The monoisotopic (exact) mass is 330 g/mol. The Morgan fingerprint density at radius 1 is 1.17 bits per heavy atom. The zero-order valence-electron chi connectivity index (χ0n) is 13.7. The molecule has 24 heavy (non-hydrogen) atoms. The number of anilines is 1. The Bertz CT molecular complexity index is 764. The van der Waals surface area contributed by atoms with Gasteiger partial charge in [-0.15, -0.1) is 0 Å². The average Bonchev–Trinajstić information content (AvgIpc) is 2.59. The lowest BCUT2D eigenvalue weighted by molar-refractivity contribution is 0.200. The van der Waals surface area contributed by atoms with Crippen LogP contribution in [-0.4, -0.2) is 41.3 Å². The molecule has 0 spiro atoms. The molecule has 2 N–H and O–H groups in total. The smallest absolute Gasteiger partial charge is 0.227 e. The summed E-state index contributed by atoms with van der Waals surface area (Å²) in [5.41, 5.74) is 1.94. The number of benzene rings is 1. The van der Waals surface area contributed by atoms with E-state index in [-0.39, 0.29) is 23.9 Å². The molecule has 1 aromatic carbocycles. The van der Waals surface area contributed by atoms with Gasteiger partial charge in [-0.25, -0.2) is 0 Å². The van der Waals surface area contributed by atoms with Gasteiger partial charge in [0, 0.05) is 37.9 Å². The van der Waals surface area contributed by atoms with Crippen molar-refractivity contribution in [3.8, 4) is 5.75 Å². The van der Waals surface area contributed by atoms with E-state index in [1.54, 1.807) is 0 Å². The van der Waals surface area contributed by atoms with Gasteiger partial charge in [-0.05, 0) is 24.6 Å². The third-order valence-corrected chi connectivity index (χ3v) is 4.31. The Labute approximate surface area is 140 Å². The van der Waals surface area contributed by atoms with Crippen molar-refractivity contribution in [2.24, 2.45) is 0 Å². The van der Waals surface area contributed by atoms with Crippen molar-refractivity contribution in [3.63, 3.8) is 0 Å². The van der Waals surface area contributed by atoms with E-state index in [1.807, 2.05) is 0 Å². The van der Waals surface area contributed by atoms with Crippen molar-refractivity contribution < 1.29 is 14.6 Å². The first-order valence-electron chi connectivity index (χ1n) is 8.06. The van der Waals surface area contributed by atoms with E-state index in [1.165, 1.54) is 11.3 Å². The van der Waals surface area contributed by atoms with Crippen molar-refractivity contribution in [2.75, 3.05) is 31.1 Å². The van der Waals surface area contributed by atoms with Crippen LogP contribution in [0.2, 0.25) is 0 Å². The molecule has 6 heteroatoms. The standard InChI is InChI=1S/C18H22N2O4/c1-13-3-2-4-14(9-13)20-7-5-19(6-8-20)11-17-18(23)16(22)10-15(12-21)24-17/h2-4,9-10,21,23H,5-8,11-12H2,1H3. The molecule has 1 aromatic heterocycles. The molecule has 0 amide bonds. The first-order valence-corrected chi connectivity index (χ1v) is 8.06. The summed E-state index contributed by atoms with van der Waals surface area (Å²) in [6.45, 7) is 5.43. The van der Waals surface area contributed by atoms with Gasteiger partial charge >= 0.3 is 0 Å². The van der Waals surface area contributed by atoms with Crippen LogP contribution in [-0.2, 0) is 13.2 Å². The number of aliphatic hydroxyl groups is 1. The molecule has 3 rings (SSSR count). The van der Waals surface area contributed by atoms with Crippen molar-refractivity contribution in [1.82, 2.24) is 4.90 Å². The number of aromatic hydroxyl groups is 1. The predicted molar refractivity (Wildman–Crippen MR) is 91.2 cm³/mol. The van der Waals surface area contributed by atoms with Gasteiger partial charge in [-0.2, -0.15) is 0 Å². The molecule has 0 unspecified atom stereocenters. The highest BCUT2D eigenvalue weighted by Gasteiger charge is 2.20. The molecule has 0 aliphatic carbocycles. The lowest BCUT2D eigenvalue weighted by Crippen LogP contribution is -2.46. The molecule has 0 saturated carbocycles. The molecular formula is C18H22N2O4. The molecule has 0 bridgehead atoms. The van der Waals surface area contributed by atoms with Gasteiger partial charge < -0.3 is 19.5 Å². The molecule has 0 radical (unpaired) electrons. The highest BCUT2D eigenvalue weighted by Crippen LogP contribution is 2.20. The Morgan fingerprint density at radius 3 is 2.58 bits per heavy atom. The number of rotatable bonds is 4. The van der Waals surface area contributed by atoms with Gasteiger partial charge in [-0.1, -0.05) is 12.1 Å². The summed E-state index contributed by atoms with van der Waals surface area (Å²) in [5.74, 6) is 0.0232. The molecular weight excluding hydrogens is 308 g/mol. The quantitative estimate of drug-likeness (QED) is 0.884. The van der Waals surface area contributed by atoms with Gasteiger partial charge in [0.05, 0.1) is 6.54 Å².